The molecule has 2 N–H and O–H groups in total. The molecule has 100 valence electrons. The van der Waals surface area contributed by atoms with E-state index < -0.39 is 17.6 Å². The van der Waals surface area contributed by atoms with Crippen molar-refractivity contribution < 1.29 is 14.7 Å². The maximum Gasteiger partial charge on any atom is 0.329 e. The van der Waals surface area contributed by atoms with E-state index in [2.05, 4.69) is 15.4 Å². The van der Waals surface area contributed by atoms with Crippen molar-refractivity contribution in [3.63, 3.8) is 0 Å². The van der Waals surface area contributed by atoms with Gasteiger partial charge in [0, 0.05) is 0 Å². The largest absolute Gasteiger partial charge is 0.480 e. The minimum absolute atomic E-state index is 0.328. The molecule has 7 nitrogen and oxygen atoms in total. The van der Waals surface area contributed by atoms with E-state index in [0.29, 0.717) is 12.8 Å². The standard InChI is InChI=1S/C11H18N4O3/c1-4-11(5-2,10(17)18)14-9(16)8(3)15-7-12-6-13-15/h6-8H,4-5H2,1-3H3,(H,14,16)(H,17,18). The molecule has 1 heterocycles. The third-order valence-corrected chi connectivity index (χ3v) is 3.19. The van der Waals surface area contributed by atoms with E-state index >= 15 is 0 Å². The lowest BCUT2D eigenvalue weighted by atomic mass is 9.92. The van der Waals surface area contributed by atoms with Gasteiger partial charge in [0.25, 0.3) is 0 Å². The lowest BCUT2D eigenvalue weighted by Crippen LogP contribution is -2.55. The van der Waals surface area contributed by atoms with Crippen molar-refractivity contribution in [2.45, 2.75) is 45.2 Å². The van der Waals surface area contributed by atoms with Crippen LogP contribution in [0.3, 0.4) is 0 Å². The van der Waals surface area contributed by atoms with E-state index in [1.807, 2.05) is 0 Å². The molecule has 0 aliphatic rings. The van der Waals surface area contributed by atoms with Crippen molar-refractivity contribution in [2.24, 2.45) is 0 Å². The first-order valence-electron chi connectivity index (χ1n) is 5.86. The molecule has 0 aliphatic heterocycles. The monoisotopic (exact) mass is 254 g/mol. The Bertz CT molecular complexity index is 412. The summed E-state index contributed by atoms with van der Waals surface area (Å²) in [5.41, 5.74) is -1.22. The summed E-state index contributed by atoms with van der Waals surface area (Å²) in [6.07, 6.45) is 3.40. The number of hydrogen-bond donors (Lipinski definition) is 2. The van der Waals surface area contributed by atoms with Gasteiger partial charge in [0.1, 0.15) is 24.2 Å². The molecule has 0 fully saturated rings. The highest BCUT2D eigenvalue weighted by atomic mass is 16.4. The Labute approximate surface area is 105 Å². The molecule has 0 bridgehead atoms. The fraction of sp³-hybridized carbons (Fsp3) is 0.636. The summed E-state index contributed by atoms with van der Waals surface area (Å²) >= 11 is 0. The van der Waals surface area contributed by atoms with E-state index in [1.54, 1.807) is 20.8 Å². The molecule has 0 spiro atoms. The van der Waals surface area contributed by atoms with E-state index in [0.717, 1.165) is 0 Å². The molecule has 1 atom stereocenters. The second kappa shape index (κ2) is 5.61. The lowest BCUT2D eigenvalue weighted by molar-refractivity contribution is -0.148. The van der Waals surface area contributed by atoms with Gasteiger partial charge in [0.15, 0.2) is 0 Å². The smallest absolute Gasteiger partial charge is 0.329 e. The molecule has 0 saturated carbocycles. The predicted octanol–water partition coefficient (Wildman–Crippen LogP) is 0.599. The first-order valence-corrected chi connectivity index (χ1v) is 5.86. The highest BCUT2D eigenvalue weighted by Gasteiger charge is 2.37. The third-order valence-electron chi connectivity index (χ3n) is 3.19. The van der Waals surface area contributed by atoms with Crippen LogP contribution in [0.15, 0.2) is 12.7 Å². The predicted molar refractivity (Wildman–Crippen MR) is 63.8 cm³/mol. The molecule has 18 heavy (non-hydrogen) atoms. The number of aromatic nitrogens is 3. The summed E-state index contributed by atoms with van der Waals surface area (Å²) in [4.78, 5) is 27.0. The number of nitrogens with one attached hydrogen (secondary N) is 1. The van der Waals surface area contributed by atoms with Crippen LogP contribution < -0.4 is 5.32 Å². The average Bonchev–Trinajstić information content (AvgIpc) is 2.88. The van der Waals surface area contributed by atoms with Gasteiger partial charge in [-0.15, -0.1) is 0 Å². The third kappa shape index (κ3) is 2.66. The Morgan fingerprint density at radius 3 is 2.44 bits per heavy atom. The maximum absolute atomic E-state index is 12.0. The Morgan fingerprint density at radius 1 is 1.44 bits per heavy atom. The highest BCUT2D eigenvalue weighted by molar-refractivity contribution is 5.88. The summed E-state index contributed by atoms with van der Waals surface area (Å²) in [5.74, 6) is -1.40. The van der Waals surface area contributed by atoms with Crippen LogP contribution in [0.1, 0.15) is 39.7 Å². The van der Waals surface area contributed by atoms with Crippen molar-refractivity contribution in [2.75, 3.05) is 0 Å². The number of carbonyl (C=O) groups is 2. The van der Waals surface area contributed by atoms with Crippen molar-refractivity contribution in [3.8, 4) is 0 Å². The minimum atomic E-state index is -1.22. The van der Waals surface area contributed by atoms with Crippen LogP contribution in [0.5, 0.6) is 0 Å². The van der Waals surface area contributed by atoms with E-state index in [1.165, 1.54) is 17.3 Å². The molecular weight excluding hydrogens is 236 g/mol. The molecule has 7 heteroatoms. The quantitative estimate of drug-likeness (QED) is 0.774. The number of aliphatic carboxylic acids is 1. The van der Waals surface area contributed by atoms with Crippen molar-refractivity contribution in [3.05, 3.63) is 12.7 Å². The van der Waals surface area contributed by atoms with E-state index in [4.69, 9.17) is 0 Å². The topological polar surface area (TPSA) is 97.1 Å². The molecular formula is C11H18N4O3. The number of carboxylic acids is 1. The fourth-order valence-corrected chi connectivity index (χ4v) is 1.66. The first kappa shape index (κ1) is 14.1. The number of hydrogen-bond acceptors (Lipinski definition) is 4. The number of amides is 1. The molecule has 1 unspecified atom stereocenters. The molecule has 1 rings (SSSR count). The van der Waals surface area contributed by atoms with E-state index in [9.17, 15) is 14.7 Å². The zero-order valence-electron chi connectivity index (χ0n) is 10.8. The van der Waals surface area contributed by atoms with Gasteiger partial charge >= 0.3 is 5.97 Å². The van der Waals surface area contributed by atoms with Crippen molar-refractivity contribution >= 4 is 11.9 Å². The summed E-state index contributed by atoms with van der Waals surface area (Å²) < 4.78 is 1.38. The van der Waals surface area contributed by atoms with Crippen molar-refractivity contribution in [1.29, 1.82) is 0 Å². The lowest BCUT2D eigenvalue weighted by Gasteiger charge is -2.29. The molecule has 0 aliphatic carbocycles. The summed E-state index contributed by atoms with van der Waals surface area (Å²) in [6.45, 7) is 5.11. The van der Waals surface area contributed by atoms with Gasteiger partial charge < -0.3 is 10.4 Å². The number of nitrogens with zero attached hydrogens (tertiary/aromatic N) is 3. The SMILES string of the molecule is CCC(CC)(NC(=O)C(C)n1cncn1)C(=O)O. The van der Waals surface area contributed by atoms with Gasteiger partial charge in [-0.05, 0) is 19.8 Å². The Balaban J connectivity index is 2.82. The average molecular weight is 254 g/mol. The van der Waals surface area contributed by atoms with Gasteiger partial charge in [-0.25, -0.2) is 14.5 Å². The van der Waals surface area contributed by atoms with Crippen LogP contribution in [0, 0.1) is 0 Å². The minimum Gasteiger partial charge on any atom is -0.480 e. The number of carboxylic acid groups (broad SMARTS) is 1. The Hall–Kier alpha value is -1.92. The maximum atomic E-state index is 12.0. The number of carbonyl (C=O) groups excluding carboxylic acids is 1. The second-order valence-electron chi connectivity index (χ2n) is 4.14. The normalized spacial score (nSPS) is 13.1. The van der Waals surface area contributed by atoms with E-state index in [-0.39, 0.29) is 5.91 Å². The first-order chi connectivity index (χ1) is 8.46. The van der Waals surface area contributed by atoms with Crippen LogP contribution in [0.2, 0.25) is 0 Å². The molecule has 1 aromatic rings. The van der Waals surface area contributed by atoms with Crippen LogP contribution in [-0.2, 0) is 9.59 Å². The van der Waals surface area contributed by atoms with Gasteiger partial charge in [-0.1, -0.05) is 13.8 Å². The van der Waals surface area contributed by atoms with Crippen LogP contribution in [0.4, 0.5) is 0 Å². The Morgan fingerprint density at radius 2 is 2.06 bits per heavy atom. The molecule has 0 radical (unpaired) electrons. The fourth-order valence-electron chi connectivity index (χ4n) is 1.66. The molecule has 1 aromatic heterocycles. The zero-order valence-corrected chi connectivity index (χ0v) is 10.8. The van der Waals surface area contributed by atoms with Gasteiger partial charge in [-0.2, -0.15) is 5.10 Å². The van der Waals surface area contributed by atoms with Gasteiger partial charge in [0.05, 0.1) is 0 Å². The summed E-state index contributed by atoms with van der Waals surface area (Å²) in [6, 6.07) is -0.593. The van der Waals surface area contributed by atoms with Crippen molar-refractivity contribution in [1.82, 2.24) is 20.1 Å². The van der Waals surface area contributed by atoms with Crippen LogP contribution >= 0.6 is 0 Å². The molecule has 1 amide bonds. The highest BCUT2D eigenvalue weighted by Crippen LogP contribution is 2.17. The summed E-state index contributed by atoms with van der Waals surface area (Å²) in [5, 5.41) is 15.7. The Kier molecular flexibility index (Phi) is 4.41. The van der Waals surface area contributed by atoms with Crippen LogP contribution in [-0.4, -0.2) is 37.3 Å². The zero-order chi connectivity index (χ0) is 13.8. The number of rotatable bonds is 6. The van der Waals surface area contributed by atoms with Crippen LogP contribution in [0.25, 0.3) is 0 Å². The summed E-state index contributed by atoms with van der Waals surface area (Å²) in [7, 11) is 0. The van der Waals surface area contributed by atoms with Gasteiger partial charge in [0.2, 0.25) is 5.91 Å². The second-order valence-corrected chi connectivity index (χ2v) is 4.14. The molecule has 0 aromatic carbocycles. The van der Waals surface area contributed by atoms with Gasteiger partial charge in [-0.3, -0.25) is 4.79 Å². The molecule has 0 saturated heterocycles.